The summed E-state index contributed by atoms with van der Waals surface area (Å²) in [6, 6.07) is 5.05. The van der Waals surface area contributed by atoms with Gasteiger partial charge in [-0.05, 0) is 18.6 Å². The monoisotopic (exact) mass is 298 g/mol. The first-order valence-corrected chi connectivity index (χ1v) is 7.96. The maximum atomic E-state index is 12.1. The zero-order valence-electron chi connectivity index (χ0n) is 11.4. The fraction of sp³-hybridized carbons (Fsp3) is 0.500. The highest BCUT2D eigenvalue weighted by Crippen LogP contribution is 2.31. The fourth-order valence-corrected chi connectivity index (χ4v) is 2.65. The van der Waals surface area contributed by atoms with Gasteiger partial charge in [-0.15, -0.1) is 0 Å². The van der Waals surface area contributed by atoms with Crippen molar-refractivity contribution in [2.75, 3.05) is 25.6 Å². The van der Waals surface area contributed by atoms with E-state index < -0.39 is 16.8 Å². The Morgan fingerprint density at radius 3 is 2.80 bits per heavy atom. The lowest BCUT2D eigenvalue weighted by Gasteiger charge is -2.18. The van der Waals surface area contributed by atoms with Crippen molar-refractivity contribution in [3.8, 4) is 11.5 Å². The minimum atomic E-state index is -1.43. The predicted octanol–water partition coefficient (Wildman–Crippen LogP) is 1.91. The van der Waals surface area contributed by atoms with Gasteiger partial charge in [-0.1, -0.05) is 13.3 Å². The Bertz CT molecular complexity index is 500. The van der Waals surface area contributed by atoms with E-state index >= 15 is 0 Å². The van der Waals surface area contributed by atoms with Crippen LogP contribution in [-0.2, 0) is 20.3 Å². The number of hydrogen-bond acceptors (Lipinski definition) is 5. The van der Waals surface area contributed by atoms with Crippen LogP contribution in [0.25, 0.3) is 0 Å². The van der Waals surface area contributed by atoms with Crippen LogP contribution in [0.2, 0.25) is 0 Å². The molecule has 20 heavy (non-hydrogen) atoms. The normalized spacial score (nSPS) is 14.7. The molecule has 0 saturated carbocycles. The maximum Gasteiger partial charge on any atom is 0.318 e. The van der Waals surface area contributed by atoms with Crippen molar-refractivity contribution in [1.29, 1.82) is 0 Å². The van der Waals surface area contributed by atoms with Gasteiger partial charge >= 0.3 is 5.97 Å². The van der Waals surface area contributed by atoms with Crippen LogP contribution in [0.15, 0.2) is 23.1 Å². The molecule has 6 heteroatoms. The smallest absolute Gasteiger partial charge is 0.318 e. The molecule has 0 aromatic heterocycles. The topological polar surface area (TPSA) is 61.8 Å². The van der Waals surface area contributed by atoms with Gasteiger partial charge in [0.15, 0.2) is 11.5 Å². The molecule has 1 heterocycles. The maximum absolute atomic E-state index is 12.1. The van der Waals surface area contributed by atoms with E-state index in [0.717, 1.165) is 12.8 Å². The van der Waals surface area contributed by atoms with E-state index in [0.29, 0.717) is 36.2 Å². The van der Waals surface area contributed by atoms with E-state index in [9.17, 15) is 9.00 Å². The average molecular weight is 298 g/mol. The van der Waals surface area contributed by atoms with Crippen LogP contribution in [0.3, 0.4) is 0 Å². The van der Waals surface area contributed by atoms with Gasteiger partial charge < -0.3 is 14.2 Å². The molecule has 1 atom stereocenters. The molecule has 0 N–H and O–H groups in total. The van der Waals surface area contributed by atoms with Gasteiger partial charge in [-0.3, -0.25) is 9.00 Å². The van der Waals surface area contributed by atoms with E-state index in [-0.39, 0.29) is 5.75 Å². The van der Waals surface area contributed by atoms with Gasteiger partial charge in [0.25, 0.3) is 0 Å². The average Bonchev–Trinajstić information content (AvgIpc) is 2.47. The number of fused-ring (bicyclic) bond motifs is 1. The Morgan fingerprint density at radius 2 is 2.05 bits per heavy atom. The van der Waals surface area contributed by atoms with Gasteiger partial charge in [0, 0.05) is 11.0 Å². The van der Waals surface area contributed by atoms with Gasteiger partial charge in [-0.25, -0.2) is 0 Å². The SMILES string of the molecule is CCCCOC(=O)CS(=O)c1ccc2c(c1)OCCO2. The number of ether oxygens (including phenoxy) is 3. The van der Waals surface area contributed by atoms with Crippen molar-refractivity contribution in [3.05, 3.63) is 18.2 Å². The Labute approximate surface area is 120 Å². The zero-order chi connectivity index (χ0) is 14.4. The largest absolute Gasteiger partial charge is 0.486 e. The zero-order valence-corrected chi connectivity index (χ0v) is 12.2. The number of carbonyl (C=O) groups is 1. The quantitative estimate of drug-likeness (QED) is 0.593. The highest BCUT2D eigenvalue weighted by molar-refractivity contribution is 7.85. The summed E-state index contributed by atoms with van der Waals surface area (Å²) in [6.45, 7) is 3.39. The summed E-state index contributed by atoms with van der Waals surface area (Å²) < 4.78 is 27.9. The summed E-state index contributed by atoms with van der Waals surface area (Å²) in [4.78, 5) is 12.1. The minimum absolute atomic E-state index is 0.136. The number of rotatable bonds is 6. The van der Waals surface area contributed by atoms with Crippen LogP contribution >= 0.6 is 0 Å². The Hall–Kier alpha value is -1.56. The van der Waals surface area contributed by atoms with Gasteiger partial charge in [-0.2, -0.15) is 0 Å². The Morgan fingerprint density at radius 1 is 1.30 bits per heavy atom. The van der Waals surface area contributed by atoms with Gasteiger partial charge in [0.2, 0.25) is 0 Å². The number of carbonyl (C=O) groups excluding carboxylic acids is 1. The molecule has 110 valence electrons. The van der Waals surface area contributed by atoms with E-state index in [1.165, 1.54) is 0 Å². The van der Waals surface area contributed by atoms with Crippen LogP contribution in [0.1, 0.15) is 19.8 Å². The van der Waals surface area contributed by atoms with Crippen LogP contribution < -0.4 is 9.47 Å². The number of esters is 1. The van der Waals surface area contributed by atoms with E-state index in [1.807, 2.05) is 6.92 Å². The standard InChI is InChI=1S/C14H18O5S/c1-2-3-6-19-14(15)10-20(16)11-4-5-12-13(9-11)18-8-7-17-12/h4-5,9H,2-3,6-8,10H2,1H3. The fourth-order valence-electron chi connectivity index (χ4n) is 1.73. The summed E-state index contributed by atoms with van der Waals surface area (Å²) >= 11 is 0. The Kier molecular flexibility index (Phi) is 5.40. The lowest BCUT2D eigenvalue weighted by atomic mass is 10.3. The van der Waals surface area contributed by atoms with Crippen molar-refractivity contribution >= 4 is 16.8 Å². The van der Waals surface area contributed by atoms with Crippen molar-refractivity contribution in [3.63, 3.8) is 0 Å². The molecule has 5 nitrogen and oxygen atoms in total. The molecule has 1 aliphatic rings. The second-order valence-electron chi connectivity index (χ2n) is 4.37. The number of benzene rings is 1. The number of unbranched alkanes of at least 4 members (excludes halogenated alkanes) is 1. The molecule has 0 bridgehead atoms. The summed E-state index contributed by atoms with van der Waals surface area (Å²) in [5.74, 6) is 0.638. The summed E-state index contributed by atoms with van der Waals surface area (Å²) in [7, 11) is -1.43. The third kappa shape index (κ3) is 3.96. The number of hydrogen-bond donors (Lipinski definition) is 0. The van der Waals surface area contributed by atoms with E-state index in [1.54, 1.807) is 18.2 Å². The molecule has 0 saturated heterocycles. The third-order valence-electron chi connectivity index (χ3n) is 2.79. The molecule has 2 rings (SSSR count). The molecule has 1 aromatic rings. The summed E-state index contributed by atoms with van der Waals surface area (Å²) in [5, 5.41) is 0. The molecule has 0 spiro atoms. The second kappa shape index (κ2) is 7.28. The van der Waals surface area contributed by atoms with Crippen LogP contribution in [0.5, 0.6) is 11.5 Å². The summed E-state index contributed by atoms with van der Waals surface area (Å²) in [5.41, 5.74) is 0. The molecule has 1 unspecified atom stereocenters. The Balaban J connectivity index is 1.93. The first-order valence-electron chi connectivity index (χ1n) is 6.64. The molecule has 0 fully saturated rings. The highest BCUT2D eigenvalue weighted by Gasteiger charge is 2.16. The second-order valence-corrected chi connectivity index (χ2v) is 5.82. The lowest BCUT2D eigenvalue weighted by Crippen LogP contribution is -2.17. The molecule has 0 radical (unpaired) electrons. The van der Waals surface area contributed by atoms with Crippen LogP contribution in [-0.4, -0.2) is 35.8 Å². The van der Waals surface area contributed by atoms with E-state index in [2.05, 4.69) is 0 Å². The molecule has 1 aromatic carbocycles. The molecular formula is C14H18O5S. The molecular weight excluding hydrogens is 280 g/mol. The first kappa shape index (κ1) is 14.8. The molecule has 1 aliphatic heterocycles. The first-order chi connectivity index (χ1) is 9.70. The molecule has 0 aliphatic carbocycles. The van der Waals surface area contributed by atoms with Crippen molar-refractivity contribution in [2.24, 2.45) is 0 Å². The molecule has 0 amide bonds. The van der Waals surface area contributed by atoms with Crippen LogP contribution in [0, 0.1) is 0 Å². The van der Waals surface area contributed by atoms with Crippen LogP contribution in [0.4, 0.5) is 0 Å². The van der Waals surface area contributed by atoms with Crippen molar-refractivity contribution in [1.82, 2.24) is 0 Å². The minimum Gasteiger partial charge on any atom is -0.486 e. The lowest BCUT2D eigenvalue weighted by molar-refractivity contribution is -0.140. The van der Waals surface area contributed by atoms with Gasteiger partial charge in [0.05, 0.1) is 17.4 Å². The predicted molar refractivity (Wildman–Crippen MR) is 74.6 cm³/mol. The summed E-state index contributed by atoms with van der Waals surface area (Å²) in [6.07, 6.45) is 1.78. The highest BCUT2D eigenvalue weighted by atomic mass is 32.2. The van der Waals surface area contributed by atoms with Gasteiger partial charge in [0.1, 0.15) is 19.0 Å². The van der Waals surface area contributed by atoms with Crippen molar-refractivity contribution in [2.45, 2.75) is 24.7 Å². The van der Waals surface area contributed by atoms with Crippen molar-refractivity contribution < 1.29 is 23.2 Å². The third-order valence-corrected chi connectivity index (χ3v) is 4.06. The van der Waals surface area contributed by atoms with E-state index in [4.69, 9.17) is 14.2 Å².